The average Bonchev–Trinajstić information content (AvgIpc) is 2.32. The molecule has 1 aromatic rings. The zero-order chi connectivity index (χ0) is 14.4. The molecule has 0 fully saturated rings. The smallest absolute Gasteiger partial charge is 0.318 e. The van der Waals surface area contributed by atoms with E-state index in [0.29, 0.717) is 17.3 Å². The normalized spacial score (nSPS) is 11.7. The Balaban J connectivity index is 2.80. The number of benzene rings is 1. The Morgan fingerprint density at radius 3 is 2.74 bits per heavy atom. The molecule has 7 heteroatoms. The highest BCUT2D eigenvalue weighted by Crippen LogP contribution is 2.23. The number of urea groups is 1. The lowest BCUT2D eigenvalue weighted by Crippen LogP contribution is -2.42. The third kappa shape index (κ3) is 4.76. The molecule has 0 spiro atoms. The minimum atomic E-state index is -0.910. The lowest BCUT2D eigenvalue weighted by molar-refractivity contribution is -0.126. The average molecular weight is 286 g/mol. The van der Waals surface area contributed by atoms with E-state index in [4.69, 9.17) is 22.1 Å². The van der Waals surface area contributed by atoms with Crippen LogP contribution in [0.5, 0.6) is 5.75 Å². The minimum Gasteiger partial charge on any atom is -0.481 e. The Hall–Kier alpha value is -1.79. The number of halogens is 1. The van der Waals surface area contributed by atoms with E-state index in [-0.39, 0.29) is 0 Å². The van der Waals surface area contributed by atoms with Crippen molar-refractivity contribution in [3.05, 3.63) is 28.8 Å². The molecule has 1 aromatic carbocycles. The van der Waals surface area contributed by atoms with Crippen LogP contribution in [0.4, 0.5) is 4.79 Å². The lowest BCUT2D eigenvalue weighted by atomic mass is 10.2. The van der Waals surface area contributed by atoms with Crippen LogP contribution in [-0.2, 0) is 11.3 Å². The van der Waals surface area contributed by atoms with Crippen molar-refractivity contribution in [3.63, 3.8) is 0 Å². The number of amides is 3. The van der Waals surface area contributed by atoms with Gasteiger partial charge in [0, 0.05) is 17.1 Å². The van der Waals surface area contributed by atoms with E-state index in [1.54, 1.807) is 25.2 Å². The maximum atomic E-state index is 11.5. The molecule has 0 saturated carbocycles. The van der Waals surface area contributed by atoms with Crippen LogP contribution in [0.2, 0.25) is 5.02 Å². The highest BCUT2D eigenvalue weighted by Gasteiger charge is 2.17. The zero-order valence-corrected chi connectivity index (χ0v) is 11.5. The number of hydrogen-bond donors (Lipinski definition) is 3. The fourth-order valence-electron chi connectivity index (χ4n) is 1.46. The van der Waals surface area contributed by atoms with E-state index < -0.39 is 18.0 Å². The van der Waals surface area contributed by atoms with Gasteiger partial charge >= 0.3 is 6.03 Å². The molecule has 1 rings (SSSR count). The van der Waals surface area contributed by atoms with E-state index in [2.05, 4.69) is 5.32 Å². The number of imide groups is 1. The number of ether oxygens (including phenoxy) is 1. The molecule has 0 saturated heterocycles. The largest absolute Gasteiger partial charge is 0.481 e. The van der Waals surface area contributed by atoms with Crippen LogP contribution >= 0.6 is 11.6 Å². The molecule has 1 unspecified atom stereocenters. The molecule has 19 heavy (non-hydrogen) atoms. The summed E-state index contributed by atoms with van der Waals surface area (Å²) >= 11 is 5.90. The van der Waals surface area contributed by atoms with Crippen LogP contribution in [-0.4, -0.2) is 25.1 Å². The molecule has 3 amide bonds. The van der Waals surface area contributed by atoms with Gasteiger partial charge in [0.15, 0.2) is 6.10 Å². The van der Waals surface area contributed by atoms with E-state index in [9.17, 15) is 9.59 Å². The highest BCUT2D eigenvalue weighted by atomic mass is 35.5. The van der Waals surface area contributed by atoms with Gasteiger partial charge in [-0.3, -0.25) is 10.1 Å². The van der Waals surface area contributed by atoms with E-state index in [1.807, 2.05) is 5.32 Å². The molecule has 0 heterocycles. The van der Waals surface area contributed by atoms with Crippen LogP contribution < -0.4 is 21.1 Å². The Morgan fingerprint density at radius 2 is 2.16 bits per heavy atom. The summed E-state index contributed by atoms with van der Waals surface area (Å²) in [7, 11) is 1.79. The van der Waals surface area contributed by atoms with Crippen molar-refractivity contribution in [1.29, 1.82) is 0 Å². The van der Waals surface area contributed by atoms with Gasteiger partial charge in [-0.25, -0.2) is 4.79 Å². The first kappa shape index (κ1) is 15.3. The Labute approximate surface area is 116 Å². The van der Waals surface area contributed by atoms with E-state index >= 15 is 0 Å². The Bertz CT molecular complexity index is 479. The molecule has 0 aliphatic carbocycles. The van der Waals surface area contributed by atoms with Crippen LogP contribution in [0, 0.1) is 0 Å². The monoisotopic (exact) mass is 285 g/mol. The number of primary amides is 1. The van der Waals surface area contributed by atoms with Crippen LogP contribution in [0.25, 0.3) is 0 Å². The van der Waals surface area contributed by atoms with Gasteiger partial charge in [0.2, 0.25) is 0 Å². The van der Waals surface area contributed by atoms with Crippen molar-refractivity contribution in [2.75, 3.05) is 7.05 Å². The van der Waals surface area contributed by atoms with Crippen molar-refractivity contribution >= 4 is 23.5 Å². The predicted molar refractivity (Wildman–Crippen MR) is 72.0 cm³/mol. The Morgan fingerprint density at radius 1 is 1.47 bits per heavy atom. The number of rotatable bonds is 5. The van der Waals surface area contributed by atoms with Crippen LogP contribution in [0.3, 0.4) is 0 Å². The SMILES string of the molecule is CNCc1cc(Cl)ccc1OC(C)C(=O)NC(N)=O. The summed E-state index contributed by atoms with van der Waals surface area (Å²) in [5, 5.41) is 5.51. The summed E-state index contributed by atoms with van der Waals surface area (Å²) in [6.45, 7) is 2.07. The van der Waals surface area contributed by atoms with Gasteiger partial charge in [-0.1, -0.05) is 11.6 Å². The van der Waals surface area contributed by atoms with Gasteiger partial charge in [-0.05, 0) is 32.2 Å². The molecular formula is C12H16ClN3O3. The summed E-state index contributed by atoms with van der Waals surface area (Å²) in [6, 6.07) is 4.16. The van der Waals surface area contributed by atoms with Crippen molar-refractivity contribution in [3.8, 4) is 5.75 Å². The fourth-order valence-corrected chi connectivity index (χ4v) is 1.65. The summed E-state index contributed by atoms with van der Waals surface area (Å²) in [6.07, 6.45) is -0.843. The molecule has 0 bridgehead atoms. The van der Waals surface area contributed by atoms with Gasteiger partial charge in [-0.15, -0.1) is 0 Å². The van der Waals surface area contributed by atoms with Crippen LogP contribution in [0.1, 0.15) is 12.5 Å². The van der Waals surface area contributed by atoms with Gasteiger partial charge in [0.25, 0.3) is 5.91 Å². The molecule has 0 aromatic heterocycles. The number of nitrogens with one attached hydrogen (secondary N) is 2. The molecule has 0 radical (unpaired) electrons. The standard InChI is InChI=1S/C12H16ClN3O3/c1-7(11(17)16-12(14)18)19-10-4-3-9(13)5-8(10)6-15-2/h3-5,7,15H,6H2,1-2H3,(H3,14,16,17,18). The first-order valence-corrected chi connectivity index (χ1v) is 6.01. The van der Waals surface area contributed by atoms with E-state index in [1.165, 1.54) is 6.92 Å². The highest BCUT2D eigenvalue weighted by molar-refractivity contribution is 6.30. The van der Waals surface area contributed by atoms with Crippen molar-refractivity contribution in [2.24, 2.45) is 5.73 Å². The third-order valence-corrected chi connectivity index (χ3v) is 2.54. The second-order valence-corrected chi connectivity index (χ2v) is 4.33. The van der Waals surface area contributed by atoms with Crippen LogP contribution in [0.15, 0.2) is 18.2 Å². The molecular weight excluding hydrogens is 270 g/mol. The quantitative estimate of drug-likeness (QED) is 0.753. The summed E-state index contributed by atoms with van der Waals surface area (Å²) < 4.78 is 5.50. The predicted octanol–water partition coefficient (Wildman–Crippen LogP) is 1.02. The van der Waals surface area contributed by atoms with Gasteiger partial charge in [0.1, 0.15) is 5.75 Å². The lowest BCUT2D eigenvalue weighted by Gasteiger charge is -2.16. The first-order chi connectivity index (χ1) is 8.93. The second-order valence-electron chi connectivity index (χ2n) is 3.90. The van der Waals surface area contributed by atoms with Crippen molar-refractivity contribution in [1.82, 2.24) is 10.6 Å². The minimum absolute atomic E-state index is 0.519. The van der Waals surface area contributed by atoms with Crippen molar-refractivity contribution < 1.29 is 14.3 Å². The molecule has 0 aliphatic rings. The summed E-state index contributed by atoms with van der Waals surface area (Å²) in [4.78, 5) is 22.1. The topological polar surface area (TPSA) is 93.4 Å². The third-order valence-electron chi connectivity index (χ3n) is 2.31. The number of carbonyl (C=O) groups is 2. The summed E-state index contributed by atoms with van der Waals surface area (Å²) in [5.74, 6) is -0.0799. The molecule has 1 atom stereocenters. The fraction of sp³-hybridized carbons (Fsp3) is 0.333. The summed E-state index contributed by atoms with van der Waals surface area (Å²) in [5.41, 5.74) is 5.68. The number of hydrogen-bond acceptors (Lipinski definition) is 4. The Kier molecular flexibility index (Phi) is 5.59. The molecule has 104 valence electrons. The molecule has 6 nitrogen and oxygen atoms in total. The molecule has 4 N–H and O–H groups in total. The first-order valence-electron chi connectivity index (χ1n) is 5.64. The maximum Gasteiger partial charge on any atom is 0.318 e. The second kappa shape index (κ2) is 6.96. The van der Waals surface area contributed by atoms with Gasteiger partial charge in [-0.2, -0.15) is 0 Å². The maximum absolute atomic E-state index is 11.5. The number of carbonyl (C=O) groups excluding carboxylic acids is 2. The van der Waals surface area contributed by atoms with E-state index in [0.717, 1.165) is 5.56 Å². The van der Waals surface area contributed by atoms with Gasteiger partial charge in [0.05, 0.1) is 0 Å². The van der Waals surface area contributed by atoms with Gasteiger partial charge < -0.3 is 15.8 Å². The number of nitrogens with two attached hydrogens (primary N) is 1. The van der Waals surface area contributed by atoms with Crippen molar-refractivity contribution in [2.45, 2.75) is 19.6 Å². The zero-order valence-electron chi connectivity index (χ0n) is 10.7. The molecule has 0 aliphatic heterocycles.